The van der Waals surface area contributed by atoms with Crippen LogP contribution in [0.2, 0.25) is 0 Å². The van der Waals surface area contributed by atoms with Crippen molar-refractivity contribution in [3.05, 3.63) is 12.7 Å². The lowest BCUT2D eigenvalue weighted by Gasteiger charge is -2.24. The molecule has 2 amide bonds. The topological polar surface area (TPSA) is 83.6 Å². The molecule has 0 radical (unpaired) electrons. The second-order valence-corrected chi connectivity index (χ2v) is 2.55. The molecule has 3 N–H and O–H groups in total. The predicted molar refractivity (Wildman–Crippen MR) is 48.2 cm³/mol. The van der Waals surface area contributed by atoms with E-state index < -0.39 is 18.0 Å². The monoisotopic (exact) mass is 186 g/mol. The van der Waals surface area contributed by atoms with Crippen LogP contribution in [0.4, 0.5) is 4.79 Å². The van der Waals surface area contributed by atoms with Gasteiger partial charge in [0.2, 0.25) is 5.91 Å². The lowest BCUT2D eigenvalue weighted by molar-refractivity contribution is -0.122. The first-order valence-corrected chi connectivity index (χ1v) is 3.94. The average Bonchev–Trinajstić information content (AvgIpc) is 2.03. The summed E-state index contributed by atoms with van der Waals surface area (Å²) in [4.78, 5) is 22.5. The van der Waals surface area contributed by atoms with Gasteiger partial charge in [0.1, 0.15) is 6.04 Å². The van der Waals surface area contributed by atoms with Crippen LogP contribution in [-0.2, 0) is 4.79 Å². The molecule has 0 aromatic rings. The second-order valence-electron chi connectivity index (χ2n) is 2.55. The molecule has 5 heteroatoms. The minimum Gasteiger partial charge on any atom is -0.465 e. The fraction of sp³-hybridized carbons (Fsp3) is 0.500. The summed E-state index contributed by atoms with van der Waals surface area (Å²) in [7, 11) is 0. The molecule has 0 bridgehead atoms. The lowest BCUT2D eigenvalue weighted by Crippen LogP contribution is -2.47. The van der Waals surface area contributed by atoms with Crippen molar-refractivity contribution in [2.45, 2.75) is 19.4 Å². The maximum Gasteiger partial charge on any atom is 0.408 e. The normalized spacial score (nSPS) is 11.8. The van der Waals surface area contributed by atoms with E-state index in [9.17, 15) is 9.59 Å². The van der Waals surface area contributed by atoms with Crippen molar-refractivity contribution in [2.75, 3.05) is 6.54 Å². The first-order chi connectivity index (χ1) is 6.04. The van der Waals surface area contributed by atoms with Gasteiger partial charge in [-0.15, -0.1) is 6.58 Å². The Balaban J connectivity index is 4.57. The highest BCUT2D eigenvalue weighted by molar-refractivity contribution is 5.83. The number of nitrogens with zero attached hydrogens (tertiary/aromatic N) is 1. The SMILES string of the molecule is C=CCN(C(=O)O)[C@@H](CC)C(N)=O. The van der Waals surface area contributed by atoms with Gasteiger partial charge in [-0.2, -0.15) is 0 Å². The Labute approximate surface area is 76.8 Å². The zero-order chi connectivity index (χ0) is 10.4. The Morgan fingerprint density at radius 2 is 2.23 bits per heavy atom. The highest BCUT2D eigenvalue weighted by Crippen LogP contribution is 2.04. The van der Waals surface area contributed by atoms with Crippen LogP contribution < -0.4 is 5.73 Å². The summed E-state index contributed by atoms with van der Waals surface area (Å²) in [6.45, 7) is 5.21. The predicted octanol–water partition coefficient (Wildman–Crippen LogP) is 0.416. The summed E-state index contributed by atoms with van der Waals surface area (Å²) < 4.78 is 0. The first kappa shape index (κ1) is 11.5. The molecule has 0 fully saturated rings. The van der Waals surface area contributed by atoms with Crippen molar-refractivity contribution in [3.63, 3.8) is 0 Å². The number of primary amides is 1. The third-order valence-corrected chi connectivity index (χ3v) is 1.66. The van der Waals surface area contributed by atoms with Gasteiger partial charge in [-0.1, -0.05) is 13.0 Å². The van der Waals surface area contributed by atoms with Crippen molar-refractivity contribution in [1.82, 2.24) is 4.90 Å². The smallest absolute Gasteiger partial charge is 0.408 e. The number of carbonyl (C=O) groups excluding carboxylic acids is 1. The average molecular weight is 186 g/mol. The van der Waals surface area contributed by atoms with Crippen LogP contribution in [0.25, 0.3) is 0 Å². The molecule has 0 heterocycles. The Bertz CT molecular complexity index is 215. The quantitative estimate of drug-likeness (QED) is 0.610. The van der Waals surface area contributed by atoms with E-state index in [0.29, 0.717) is 6.42 Å². The molecule has 5 nitrogen and oxygen atoms in total. The standard InChI is InChI=1S/C8H14N2O3/c1-3-5-10(8(12)13)6(4-2)7(9)11/h3,6H,1,4-5H2,2H3,(H2,9,11)(H,12,13)/t6-/m0/s1. The van der Waals surface area contributed by atoms with Crippen molar-refractivity contribution in [2.24, 2.45) is 5.73 Å². The molecule has 0 saturated heterocycles. The fourth-order valence-electron chi connectivity index (χ4n) is 1.05. The molecule has 0 aliphatic carbocycles. The van der Waals surface area contributed by atoms with Gasteiger partial charge in [-0.3, -0.25) is 9.69 Å². The lowest BCUT2D eigenvalue weighted by atomic mass is 10.2. The number of carbonyl (C=O) groups is 2. The summed E-state index contributed by atoms with van der Waals surface area (Å²) in [6.07, 6.45) is 0.625. The number of rotatable bonds is 5. The van der Waals surface area contributed by atoms with E-state index in [1.165, 1.54) is 6.08 Å². The third kappa shape index (κ3) is 3.14. The van der Waals surface area contributed by atoms with E-state index in [-0.39, 0.29) is 6.54 Å². The maximum atomic E-state index is 10.8. The number of amides is 2. The summed E-state index contributed by atoms with van der Waals surface area (Å²) in [5, 5.41) is 8.73. The zero-order valence-corrected chi connectivity index (χ0v) is 7.56. The van der Waals surface area contributed by atoms with Gasteiger partial charge in [0.25, 0.3) is 0 Å². The molecule has 0 spiro atoms. The molecule has 0 unspecified atom stereocenters. The largest absolute Gasteiger partial charge is 0.465 e. The van der Waals surface area contributed by atoms with E-state index in [0.717, 1.165) is 4.90 Å². The van der Waals surface area contributed by atoms with Crippen LogP contribution >= 0.6 is 0 Å². The Morgan fingerprint density at radius 1 is 1.69 bits per heavy atom. The Morgan fingerprint density at radius 3 is 2.46 bits per heavy atom. The van der Waals surface area contributed by atoms with Gasteiger partial charge in [-0.05, 0) is 6.42 Å². The van der Waals surface area contributed by atoms with E-state index in [1.807, 2.05) is 0 Å². The summed E-state index contributed by atoms with van der Waals surface area (Å²) in [5.41, 5.74) is 5.04. The van der Waals surface area contributed by atoms with E-state index >= 15 is 0 Å². The maximum absolute atomic E-state index is 10.8. The molecule has 0 rings (SSSR count). The van der Waals surface area contributed by atoms with Gasteiger partial charge in [-0.25, -0.2) is 4.79 Å². The highest BCUT2D eigenvalue weighted by Gasteiger charge is 2.24. The molecular formula is C8H14N2O3. The molecular weight excluding hydrogens is 172 g/mol. The van der Waals surface area contributed by atoms with Crippen molar-refractivity contribution in [1.29, 1.82) is 0 Å². The number of carboxylic acid groups (broad SMARTS) is 1. The number of hydrogen-bond donors (Lipinski definition) is 2. The van der Waals surface area contributed by atoms with E-state index in [4.69, 9.17) is 10.8 Å². The Hall–Kier alpha value is -1.52. The molecule has 0 aromatic heterocycles. The molecule has 0 saturated carbocycles. The minimum atomic E-state index is -1.16. The van der Waals surface area contributed by atoms with Gasteiger partial charge in [0, 0.05) is 6.54 Å². The van der Waals surface area contributed by atoms with Gasteiger partial charge >= 0.3 is 6.09 Å². The van der Waals surface area contributed by atoms with Crippen LogP contribution in [0.15, 0.2) is 12.7 Å². The third-order valence-electron chi connectivity index (χ3n) is 1.66. The highest BCUT2D eigenvalue weighted by atomic mass is 16.4. The molecule has 0 aromatic carbocycles. The zero-order valence-electron chi connectivity index (χ0n) is 7.56. The van der Waals surface area contributed by atoms with E-state index in [1.54, 1.807) is 6.92 Å². The van der Waals surface area contributed by atoms with Crippen LogP contribution in [0.3, 0.4) is 0 Å². The minimum absolute atomic E-state index is 0.108. The van der Waals surface area contributed by atoms with Crippen molar-refractivity contribution < 1.29 is 14.7 Å². The second kappa shape index (κ2) is 5.18. The van der Waals surface area contributed by atoms with Crippen LogP contribution in [0.5, 0.6) is 0 Å². The van der Waals surface area contributed by atoms with E-state index in [2.05, 4.69) is 6.58 Å². The summed E-state index contributed by atoms with van der Waals surface area (Å²) >= 11 is 0. The summed E-state index contributed by atoms with van der Waals surface area (Å²) in [5.74, 6) is -0.633. The molecule has 0 aliphatic heterocycles. The fourth-order valence-corrected chi connectivity index (χ4v) is 1.05. The van der Waals surface area contributed by atoms with Crippen LogP contribution in [-0.4, -0.2) is 34.6 Å². The molecule has 74 valence electrons. The number of nitrogens with two attached hydrogens (primary N) is 1. The van der Waals surface area contributed by atoms with Gasteiger partial charge in [0.15, 0.2) is 0 Å². The molecule has 1 atom stereocenters. The Kier molecular flexibility index (Phi) is 4.58. The van der Waals surface area contributed by atoms with Crippen LogP contribution in [0.1, 0.15) is 13.3 Å². The van der Waals surface area contributed by atoms with Gasteiger partial charge in [0.05, 0.1) is 0 Å². The van der Waals surface area contributed by atoms with Crippen molar-refractivity contribution in [3.8, 4) is 0 Å². The number of hydrogen-bond acceptors (Lipinski definition) is 2. The molecule has 0 aliphatic rings. The first-order valence-electron chi connectivity index (χ1n) is 3.94. The van der Waals surface area contributed by atoms with Gasteiger partial charge < -0.3 is 10.8 Å². The molecule has 13 heavy (non-hydrogen) atoms. The van der Waals surface area contributed by atoms with Crippen molar-refractivity contribution >= 4 is 12.0 Å². The summed E-state index contributed by atoms with van der Waals surface area (Å²) in [6, 6.07) is -0.768. The van der Waals surface area contributed by atoms with Crippen LogP contribution in [0, 0.1) is 0 Å².